The van der Waals surface area contributed by atoms with Gasteiger partial charge in [0.25, 0.3) is 0 Å². The summed E-state index contributed by atoms with van der Waals surface area (Å²) in [4.78, 5) is 9.10. The molecular weight excluding hydrogens is 248 g/mol. The van der Waals surface area contributed by atoms with Crippen molar-refractivity contribution < 1.29 is 0 Å². The number of anilines is 1. The summed E-state index contributed by atoms with van der Waals surface area (Å²) >= 11 is 0. The summed E-state index contributed by atoms with van der Waals surface area (Å²) in [5.41, 5.74) is 6.17. The van der Waals surface area contributed by atoms with Crippen LogP contribution in [0.1, 0.15) is 36.5 Å². The summed E-state index contributed by atoms with van der Waals surface area (Å²) in [6.07, 6.45) is 1.66. The lowest BCUT2D eigenvalue weighted by molar-refractivity contribution is 0.631. The van der Waals surface area contributed by atoms with Gasteiger partial charge in [-0.3, -0.25) is 0 Å². The lowest BCUT2D eigenvalue weighted by Gasteiger charge is -2.10. The van der Waals surface area contributed by atoms with Crippen molar-refractivity contribution in [3.8, 4) is 0 Å². The fraction of sp³-hybridized carbons (Fsp3) is 0.375. The first-order valence-electron chi connectivity index (χ1n) is 6.96. The molecule has 3 N–H and O–H groups in total. The van der Waals surface area contributed by atoms with Crippen molar-refractivity contribution in [2.45, 2.75) is 33.6 Å². The largest absolute Gasteiger partial charge is 0.308 e. The molecule has 0 fully saturated rings. The lowest BCUT2D eigenvalue weighted by Crippen LogP contribution is -2.13. The summed E-state index contributed by atoms with van der Waals surface area (Å²) in [7, 11) is 0. The average Bonchev–Trinajstić information content (AvgIpc) is 2.40. The van der Waals surface area contributed by atoms with E-state index >= 15 is 0 Å². The molecule has 0 unspecified atom stereocenters. The van der Waals surface area contributed by atoms with Crippen molar-refractivity contribution in [1.29, 1.82) is 0 Å². The van der Waals surface area contributed by atoms with E-state index in [1.807, 2.05) is 18.2 Å². The minimum Gasteiger partial charge on any atom is -0.308 e. The van der Waals surface area contributed by atoms with Crippen LogP contribution in [0.5, 0.6) is 0 Å². The number of rotatable bonds is 5. The maximum atomic E-state index is 5.50. The van der Waals surface area contributed by atoms with E-state index in [0.29, 0.717) is 11.7 Å². The van der Waals surface area contributed by atoms with Crippen LogP contribution in [0.4, 0.5) is 5.82 Å². The van der Waals surface area contributed by atoms with Crippen molar-refractivity contribution in [2.24, 2.45) is 11.8 Å². The molecule has 0 radical (unpaired) electrons. The fourth-order valence-corrected chi connectivity index (χ4v) is 2.21. The minimum absolute atomic E-state index is 0.557. The quantitative estimate of drug-likeness (QED) is 0.648. The van der Waals surface area contributed by atoms with E-state index in [1.54, 1.807) is 0 Å². The Morgan fingerprint density at radius 3 is 2.60 bits per heavy atom. The third kappa shape index (κ3) is 3.78. The molecule has 4 heteroatoms. The predicted molar refractivity (Wildman–Crippen MR) is 82.4 cm³/mol. The number of nitrogen functional groups attached to an aromatic ring is 1. The van der Waals surface area contributed by atoms with Gasteiger partial charge in [0.1, 0.15) is 11.6 Å². The molecule has 106 valence electrons. The Balaban J connectivity index is 2.29. The van der Waals surface area contributed by atoms with Gasteiger partial charge in [0.15, 0.2) is 0 Å². The van der Waals surface area contributed by atoms with Crippen LogP contribution in [0.15, 0.2) is 30.3 Å². The third-order valence-electron chi connectivity index (χ3n) is 3.20. The molecule has 0 aliphatic heterocycles. The molecule has 0 aliphatic rings. The molecule has 2 rings (SSSR count). The molecule has 0 atom stereocenters. The smallest absolute Gasteiger partial charge is 0.143 e. The predicted octanol–water partition coefficient (Wildman–Crippen LogP) is 2.86. The van der Waals surface area contributed by atoms with Crippen molar-refractivity contribution in [3.05, 3.63) is 53.0 Å². The van der Waals surface area contributed by atoms with Crippen LogP contribution < -0.4 is 11.3 Å². The van der Waals surface area contributed by atoms with Crippen molar-refractivity contribution in [2.75, 3.05) is 5.43 Å². The van der Waals surface area contributed by atoms with Crippen LogP contribution >= 0.6 is 0 Å². The highest BCUT2D eigenvalue weighted by Gasteiger charge is 2.08. The van der Waals surface area contributed by atoms with Gasteiger partial charge in [-0.05, 0) is 30.4 Å². The van der Waals surface area contributed by atoms with Crippen LogP contribution in [0.3, 0.4) is 0 Å². The number of hydrazine groups is 1. The normalized spacial score (nSPS) is 10.8. The first-order valence-corrected chi connectivity index (χ1v) is 6.96. The molecule has 1 heterocycles. The molecular formula is C16H22N4. The third-order valence-corrected chi connectivity index (χ3v) is 3.20. The maximum absolute atomic E-state index is 5.50. The number of benzene rings is 1. The summed E-state index contributed by atoms with van der Waals surface area (Å²) in [5.74, 6) is 7.55. The zero-order valence-corrected chi connectivity index (χ0v) is 12.4. The summed E-state index contributed by atoms with van der Waals surface area (Å²) in [5, 5.41) is 0. The number of hydrogen-bond donors (Lipinski definition) is 2. The Labute approximate surface area is 120 Å². The van der Waals surface area contributed by atoms with Crippen molar-refractivity contribution >= 4 is 5.82 Å². The molecule has 0 bridgehead atoms. The van der Waals surface area contributed by atoms with Crippen molar-refractivity contribution in [1.82, 2.24) is 9.97 Å². The van der Waals surface area contributed by atoms with Gasteiger partial charge < -0.3 is 5.43 Å². The van der Waals surface area contributed by atoms with Gasteiger partial charge in [0, 0.05) is 18.2 Å². The molecule has 0 aliphatic carbocycles. The monoisotopic (exact) mass is 270 g/mol. The SMILES string of the molecule is Cc1ccccc1Cc1nc(CC(C)C)cc(NN)n1. The van der Waals surface area contributed by atoms with Gasteiger partial charge in [0.2, 0.25) is 0 Å². The van der Waals surface area contributed by atoms with Gasteiger partial charge in [-0.25, -0.2) is 15.8 Å². The van der Waals surface area contributed by atoms with E-state index in [-0.39, 0.29) is 0 Å². The lowest BCUT2D eigenvalue weighted by atomic mass is 10.0. The van der Waals surface area contributed by atoms with Gasteiger partial charge in [-0.1, -0.05) is 38.1 Å². The zero-order chi connectivity index (χ0) is 14.5. The van der Waals surface area contributed by atoms with Crippen LogP contribution in [0.25, 0.3) is 0 Å². The number of nitrogens with zero attached hydrogens (tertiary/aromatic N) is 2. The Morgan fingerprint density at radius 1 is 1.20 bits per heavy atom. The van der Waals surface area contributed by atoms with Crippen LogP contribution in [0, 0.1) is 12.8 Å². The fourth-order valence-electron chi connectivity index (χ4n) is 2.21. The zero-order valence-electron chi connectivity index (χ0n) is 12.4. The van der Waals surface area contributed by atoms with Gasteiger partial charge in [0.05, 0.1) is 0 Å². The molecule has 20 heavy (non-hydrogen) atoms. The number of nitrogens with two attached hydrogens (primary N) is 1. The van der Waals surface area contributed by atoms with E-state index in [9.17, 15) is 0 Å². The van der Waals surface area contributed by atoms with Gasteiger partial charge in [-0.15, -0.1) is 0 Å². The highest BCUT2D eigenvalue weighted by Crippen LogP contribution is 2.15. The Bertz CT molecular complexity index is 578. The molecule has 0 saturated heterocycles. The molecule has 0 spiro atoms. The number of aromatic nitrogens is 2. The Hall–Kier alpha value is -1.94. The minimum atomic E-state index is 0.557. The topological polar surface area (TPSA) is 63.8 Å². The average molecular weight is 270 g/mol. The van der Waals surface area contributed by atoms with Crippen LogP contribution in [-0.4, -0.2) is 9.97 Å². The second-order valence-corrected chi connectivity index (χ2v) is 5.51. The molecule has 4 nitrogen and oxygen atoms in total. The Kier molecular flexibility index (Phi) is 4.69. The van der Waals surface area contributed by atoms with E-state index in [0.717, 1.165) is 24.4 Å². The Morgan fingerprint density at radius 2 is 1.95 bits per heavy atom. The highest BCUT2D eigenvalue weighted by atomic mass is 15.3. The van der Waals surface area contributed by atoms with Gasteiger partial charge in [-0.2, -0.15) is 0 Å². The van der Waals surface area contributed by atoms with Crippen molar-refractivity contribution in [3.63, 3.8) is 0 Å². The molecule has 2 aromatic rings. The number of nitrogens with one attached hydrogen (secondary N) is 1. The molecule has 0 amide bonds. The molecule has 0 saturated carbocycles. The summed E-state index contributed by atoms with van der Waals surface area (Å²) < 4.78 is 0. The van der Waals surface area contributed by atoms with E-state index in [1.165, 1.54) is 11.1 Å². The molecule has 1 aromatic heterocycles. The highest BCUT2D eigenvalue weighted by molar-refractivity contribution is 5.36. The second kappa shape index (κ2) is 6.48. The van der Waals surface area contributed by atoms with E-state index in [2.05, 4.69) is 48.3 Å². The number of aryl methyl sites for hydroxylation is 1. The van der Waals surface area contributed by atoms with Gasteiger partial charge >= 0.3 is 0 Å². The van der Waals surface area contributed by atoms with E-state index in [4.69, 9.17) is 5.84 Å². The standard InChI is InChI=1S/C16H22N4/c1-11(2)8-14-10-16(20-17)19-15(18-14)9-13-7-5-4-6-12(13)3/h4-7,10-11H,8-9,17H2,1-3H3,(H,18,19,20). The number of hydrogen-bond acceptors (Lipinski definition) is 4. The summed E-state index contributed by atoms with van der Waals surface area (Å²) in [6, 6.07) is 10.2. The second-order valence-electron chi connectivity index (χ2n) is 5.51. The van der Waals surface area contributed by atoms with E-state index < -0.39 is 0 Å². The first kappa shape index (κ1) is 14.5. The first-order chi connectivity index (χ1) is 9.58. The van der Waals surface area contributed by atoms with Crippen LogP contribution in [-0.2, 0) is 12.8 Å². The summed E-state index contributed by atoms with van der Waals surface area (Å²) in [6.45, 7) is 6.47. The maximum Gasteiger partial charge on any atom is 0.143 e. The molecule has 1 aromatic carbocycles. The van der Waals surface area contributed by atoms with Crippen LogP contribution in [0.2, 0.25) is 0 Å².